The summed E-state index contributed by atoms with van der Waals surface area (Å²) in [6, 6.07) is 42.2. The Morgan fingerprint density at radius 2 is 1.02 bits per heavy atom. The number of fused-ring (bicyclic) bond motifs is 12. The van der Waals surface area contributed by atoms with Gasteiger partial charge in [0.05, 0.1) is 17.0 Å². The Bertz CT molecular complexity index is 2790. The highest BCUT2D eigenvalue weighted by molar-refractivity contribution is 6.28. The molecule has 4 heteroatoms. The molecule has 4 aromatic heterocycles. The molecule has 0 saturated heterocycles. The van der Waals surface area contributed by atoms with Crippen LogP contribution in [0, 0.1) is 0 Å². The fourth-order valence-corrected chi connectivity index (χ4v) is 6.90. The van der Waals surface area contributed by atoms with Crippen molar-refractivity contribution in [3.63, 3.8) is 0 Å². The minimum atomic E-state index is 0.792. The molecule has 0 atom stereocenters. The molecule has 0 aliphatic heterocycles. The third-order valence-electron chi connectivity index (χ3n) is 8.94. The Morgan fingerprint density at radius 3 is 1.82 bits per heavy atom. The average molecular weight is 563 g/mol. The van der Waals surface area contributed by atoms with Gasteiger partial charge in [-0.15, -0.1) is 0 Å². The van der Waals surface area contributed by atoms with E-state index in [-0.39, 0.29) is 0 Å². The number of aromatic nitrogens is 2. The fourth-order valence-electron chi connectivity index (χ4n) is 6.90. The number of hydrogen-bond acceptors (Lipinski definition) is 4. The molecule has 10 rings (SSSR count). The molecule has 0 saturated carbocycles. The Hall–Kier alpha value is -6.00. The third kappa shape index (κ3) is 3.28. The predicted octanol–water partition coefficient (Wildman–Crippen LogP) is 11.1. The Balaban J connectivity index is 1.18. The van der Waals surface area contributed by atoms with E-state index in [2.05, 4.69) is 83.8 Å². The van der Waals surface area contributed by atoms with Crippen LogP contribution < -0.4 is 0 Å². The van der Waals surface area contributed by atoms with Crippen molar-refractivity contribution in [2.45, 2.75) is 0 Å². The van der Waals surface area contributed by atoms with Gasteiger partial charge in [0.25, 0.3) is 0 Å². The van der Waals surface area contributed by atoms with Gasteiger partial charge in [-0.2, -0.15) is 0 Å². The molecule has 44 heavy (non-hydrogen) atoms. The van der Waals surface area contributed by atoms with Crippen LogP contribution in [0.4, 0.5) is 0 Å². The smallest absolute Gasteiger partial charge is 0.147 e. The molecule has 0 unspecified atom stereocenters. The summed E-state index contributed by atoms with van der Waals surface area (Å²) in [6.07, 6.45) is 3.76. The van der Waals surface area contributed by atoms with Gasteiger partial charge in [0.1, 0.15) is 22.3 Å². The summed E-state index contributed by atoms with van der Waals surface area (Å²) in [5.41, 5.74) is 6.99. The number of rotatable bonds is 2. The zero-order chi connectivity index (χ0) is 28.8. The van der Waals surface area contributed by atoms with Crippen molar-refractivity contribution >= 4 is 76.2 Å². The lowest BCUT2D eigenvalue weighted by molar-refractivity contribution is 0.669. The second kappa shape index (κ2) is 8.76. The lowest BCUT2D eigenvalue weighted by Crippen LogP contribution is -1.89. The molecule has 0 amide bonds. The van der Waals surface area contributed by atoms with Crippen molar-refractivity contribution in [2.75, 3.05) is 0 Å². The minimum absolute atomic E-state index is 0.792. The van der Waals surface area contributed by atoms with Gasteiger partial charge < -0.3 is 8.83 Å². The van der Waals surface area contributed by atoms with E-state index in [0.717, 1.165) is 66.4 Å². The number of para-hydroxylation sites is 1. The maximum Gasteiger partial charge on any atom is 0.147 e. The lowest BCUT2D eigenvalue weighted by atomic mass is 9.93. The molecular weight excluding hydrogens is 540 g/mol. The van der Waals surface area contributed by atoms with Crippen LogP contribution in [-0.2, 0) is 0 Å². The number of furan rings is 2. The minimum Gasteiger partial charge on any atom is -0.456 e. The van der Waals surface area contributed by atoms with Gasteiger partial charge in [0.2, 0.25) is 0 Å². The summed E-state index contributed by atoms with van der Waals surface area (Å²) in [5.74, 6) is 0. The van der Waals surface area contributed by atoms with Gasteiger partial charge in [-0.1, -0.05) is 72.8 Å². The second-order valence-corrected chi connectivity index (χ2v) is 11.4. The van der Waals surface area contributed by atoms with Crippen molar-refractivity contribution in [1.29, 1.82) is 0 Å². The highest BCUT2D eigenvalue weighted by atomic mass is 16.3. The highest BCUT2D eigenvalue weighted by Gasteiger charge is 2.17. The van der Waals surface area contributed by atoms with E-state index in [1.807, 2.05) is 54.9 Å². The normalized spacial score (nSPS) is 12.1. The van der Waals surface area contributed by atoms with Gasteiger partial charge in [0.15, 0.2) is 0 Å². The maximum atomic E-state index is 6.66. The van der Waals surface area contributed by atoms with Gasteiger partial charge in [0, 0.05) is 39.5 Å². The first-order chi connectivity index (χ1) is 21.8. The standard InChI is InChI=1S/C40H22N2O2/c1-3-10-26-24(8-1)25-9-2-4-11-27(25)30-20-39-32(19-29(26)30)33-21-41-22-34(40(33)44-39)36-14-7-13-35(42-36)23-16-17-38-31(18-23)28-12-5-6-15-37(28)43-38/h1-22H. The summed E-state index contributed by atoms with van der Waals surface area (Å²) < 4.78 is 12.7. The molecule has 204 valence electrons. The summed E-state index contributed by atoms with van der Waals surface area (Å²) in [6.45, 7) is 0. The molecule has 0 N–H and O–H groups in total. The number of hydrogen-bond donors (Lipinski definition) is 0. The quantitative estimate of drug-likeness (QED) is 0.197. The van der Waals surface area contributed by atoms with Crippen molar-refractivity contribution in [3.8, 4) is 22.5 Å². The summed E-state index contributed by atoms with van der Waals surface area (Å²) in [5, 5.41) is 11.6. The van der Waals surface area contributed by atoms with E-state index >= 15 is 0 Å². The molecule has 0 bridgehead atoms. The molecule has 10 aromatic rings. The fraction of sp³-hybridized carbons (Fsp3) is 0. The van der Waals surface area contributed by atoms with Crippen LogP contribution in [0.2, 0.25) is 0 Å². The third-order valence-corrected chi connectivity index (χ3v) is 8.94. The monoisotopic (exact) mass is 562 g/mol. The molecule has 6 aromatic carbocycles. The maximum absolute atomic E-state index is 6.66. The summed E-state index contributed by atoms with van der Waals surface area (Å²) in [7, 11) is 0. The first-order valence-electron chi connectivity index (χ1n) is 14.7. The molecule has 0 spiro atoms. The van der Waals surface area contributed by atoms with Gasteiger partial charge >= 0.3 is 0 Å². The van der Waals surface area contributed by atoms with Crippen LogP contribution in [0.25, 0.3) is 98.7 Å². The molecule has 0 aliphatic carbocycles. The second-order valence-electron chi connectivity index (χ2n) is 11.4. The predicted molar refractivity (Wildman–Crippen MR) is 180 cm³/mol. The van der Waals surface area contributed by atoms with Crippen LogP contribution in [0.3, 0.4) is 0 Å². The highest BCUT2D eigenvalue weighted by Crippen LogP contribution is 2.41. The summed E-state index contributed by atoms with van der Waals surface area (Å²) >= 11 is 0. The Morgan fingerprint density at radius 1 is 0.386 bits per heavy atom. The van der Waals surface area contributed by atoms with E-state index < -0.39 is 0 Å². The zero-order valence-corrected chi connectivity index (χ0v) is 23.4. The number of nitrogens with zero attached hydrogens (tertiary/aromatic N) is 2. The van der Waals surface area contributed by atoms with Crippen LogP contribution in [0.1, 0.15) is 0 Å². The van der Waals surface area contributed by atoms with Gasteiger partial charge in [-0.05, 0) is 80.8 Å². The van der Waals surface area contributed by atoms with E-state index in [9.17, 15) is 0 Å². The van der Waals surface area contributed by atoms with Gasteiger partial charge in [-0.25, -0.2) is 4.98 Å². The van der Waals surface area contributed by atoms with E-state index in [0.29, 0.717) is 0 Å². The molecule has 0 fully saturated rings. The average Bonchev–Trinajstić information content (AvgIpc) is 3.65. The van der Waals surface area contributed by atoms with Crippen LogP contribution in [0.5, 0.6) is 0 Å². The number of pyridine rings is 2. The van der Waals surface area contributed by atoms with Crippen LogP contribution in [-0.4, -0.2) is 9.97 Å². The molecular formula is C40H22N2O2. The van der Waals surface area contributed by atoms with E-state index in [1.54, 1.807) is 0 Å². The van der Waals surface area contributed by atoms with Crippen molar-refractivity contribution in [2.24, 2.45) is 0 Å². The van der Waals surface area contributed by atoms with Gasteiger partial charge in [-0.3, -0.25) is 4.98 Å². The van der Waals surface area contributed by atoms with Crippen molar-refractivity contribution in [1.82, 2.24) is 9.97 Å². The first-order valence-corrected chi connectivity index (χ1v) is 14.7. The van der Waals surface area contributed by atoms with E-state index in [1.165, 1.54) is 32.3 Å². The first kappa shape index (κ1) is 23.6. The zero-order valence-electron chi connectivity index (χ0n) is 23.4. The molecule has 0 aliphatic rings. The largest absolute Gasteiger partial charge is 0.456 e. The Kier molecular flexibility index (Phi) is 4.69. The number of benzene rings is 6. The molecule has 4 heterocycles. The molecule has 4 nitrogen and oxygen atoms in total. The SMILES string of the molecule is c1cc(-c2ccc3oc4ccccc4c3c2)nc(-c2cncc3c2oc2cc4c5ccccc5c5ccccc5c4cc23)c1. The molecule has 0 radical (unpaired) electrons. The summed E-state index contributed by atoms with van der Waals surface area (Å²) in [4.78, 5) is 9.77. The van der Waals surface area contributed by atoms with Crippen LogP contribution in [0.15, 0.2) is 143 Å². The Labute approximate surface area is 250 Å². The van der Waals surface area contributed by atoms with Crippen molar-refractivity contribution in [3.05, 3.63) is 134 Å². The van der Waals surface area contributed by atoms with E-state index in [4.69, 9.17) is 13.8 Å². The lowest BCUT2D eigenvalue weighted by Gasteiger charge is -2.10. The topological polar surface area (TPSA) is 52.1 Å². The van der Waals surface area contributed by atoms with Crippen molar-refractivity contribution < 1.29 is 8.83 Å². The van der Waals surface area contributed by atoms with Crippen LogP contribution >= 0.6 is 0 Å².